The van der Waals surface area contributed by atoms with E-state index in [9.17, 15) is 27.5 Å². The number of β-amino-alcohol motifs (C(OH)–C–C–N with tert-alkyl or cyclic N) is 1. The second-order valence-corrected chi connectivity index (χ2v) is 7.12. The molecular weight excluding hydrogens is 352 g/mol. The molecule has 0 radical (unpaired) electrons. The van der Waals surface area contributed by atoms with Crippen LogP contribution in [0.3, 0.4) is 0 Å². The second-order valence-electron chi connectivity index (χ2n) is 7.12. The van der Waals surface area contributed by atoms with Gasteiger partial charge in [0.15, 0.2) is 0 Å². The molecule has 8 heteroatoms. The van der Waals surface area contributed by atoms with Crippen LogP contribution in [0, 0.1) is 11.7 Å². The third-order valence-electron chi connectivity index (χ3n) is 4.80. The predicted molar refractivity (Wildman–Crippen MR) is 89.2 cm³/mol. The Hall–Kier alpha value is -1.67. The lowest BCUT2D eigenvalue weighted by molar-refractivity contribution is -0.140. The molecule has 146 valence electrons. The summed E-state index contributed by atoms with van der Waals surface area (Å²) in [6.45, 7) is 5.59. The standard InChI is InChI=1S/C18H24F4N2O2/c1-11(2)16(10-24-7-6-13(25)9-24)23(3)17(26)12-4-5-15(19)14(8-12)18(20,21)22/h4-5,8,11,13,16,25H,6-7,9-10H2,1-3H3. The highest BCUT2D eigenvalue weighted by Gasteiger charge is 2.35. The van der Waals surface area contributed by atoms with Crippen LogP contribution in [0.25, 0.3) is 0 Å². The Morgan fingerprint density at radius 3 is 2.54 bits per heavy atom. The Balaban J connectivity index is 2.20. The number of likely N-dealkylation sites (tertiary alicyclic amines) is 1. The van der Waals surface area contributed by atoms with E-state index in [1.54, 1.807) is 0 Å². The van der Waals surface area contributed by atoms with Crippen molar-refractivity contribution in [3.05, 3.63) is 35.1 Å². The van der Waals surface area contributed by atoms with E-state index in [4.69, 9.17) is 0 Å². The average Bonchev–Trinajstić information content (AvgIpc) is 2.95. The van der Waals surface area contributed by atoms with Crippen LogP contribution >= 0.6 is 0 Å². The zero-order chi connectivity index (χ0) is 19.6. The Bertz CT molecular complexity index is 649. The number of halogens is 4. The minimum absolute atomic E-state index is 0.0595. The SMILES string of the molecule is CC(C)C(CN1CCC(O)C1)N(C)C(=O)c1ccc(F)c(C(F)(F)F)c1. The molecule has 0 saturated carbocycles. The van der Waals surface area contributed by atoms with E-state index in [-0.39, 0.29) is 17.5 Å². The van der Waals surface area contributed by atoms with Gasteiger partial charge in [-0.05, 0) is 30.5 Å². The van der Waals surface area contributed by atoms with Gasteiger partial charge in [-0.2, -0.15) is 13.2 Å². The van der Waals surface area contributed by atoms with Crippen molar-refractivity contribution in [3.63, 3.8) is 0 Å². The molecule has 2 unspecified atom stereocenters. The van der Waals surface area contributed by atoms with E-state index >= 15 is 0 Å². The first-order valence-electron chi connectivity index (χ1n) is 8.55. The van der Waals surface area contributed by atoms with E-state index in [2.05, 4.69) is 0 Å². The number of likely N-dealkylation sites (N-methyl/N-ethyl adjacent to an activating group) is 1. The van der Waals surface area contributed by atoms with Crippen LogP contribution in [0.2, 0.25) is 0 Å². The molecule has 26 heavy (non-hydrogen) atoms. The van der Waals surface area contributed by atoms with Crippen LogP contribution in [0.4, 0.5) is 17.6 Å². The number of nitrogens with zero attached hydrogens (tertiary/aromatic N) is 2. The first-order chi connectivity index (χ1) is 12.0. The monoisotopic (exact) mass is 376 g/mol. The average molecular weight is 376 g/mol. The molecule has 0 bridgehead atoms. The van der Waals surface area contributed by atoms with Gasteiger partial charge in [0.2, 0.25) is 0 Å². The molecule has 1 aliphatic heterocycles. The zero-order valence-electron chi connectivity index (χ0n) is 15.1. The summed E-state index contributed by atoms with van der Waals surface area (Å²) in [4.78, 5) is 16.1. The normalized spacial score (nSPS) is 19.8. The van der Waals surface area contributed by atoms with Gasteiger partial charge in [0, 0.05) is 38.3 Å². The number of hydrogen-bond donors (Lipinski definition) is 1. The van der Waals surface area contributed by atoms with E-state index in [0.29, 0.717) is 38.2 Å². The van der Waals surface area contributed by atoms with Gasteiger partial charge in [-0.25, -0.2) is 4.39 Å². The number of alkyl halides is 3. The molecule has 1 fully saturated rings. The summed E-state index contributed by atoms with van der Waals surface area (Å²) in [6, 6.07) is 2.06. The Labute approximate surface area is 150 Å². The van der Waals surface area contributed by atoms with Gasteiger partial charge in [0.05, 0.1) is 11.7 Å². The number of aliphatic hydroxyl groups is 1. The van der Waals surface area contributed by atoms with Crippen molar-refractivity contribution < 1.29 is 27.5 Å². The maximum absolute atomic E-state index is 13.4. The van der Waals surface area contributed by atoms with Crippen molar-refractivity contribution in [1.29, 1.82) is 0 Å². The van der Waals surface area contributed by atoms with Gasteiger partial charge in [0.25, 0.3) is 5.91 Å². The second kappa shape index (κ2) is 7.92. The number of aliphatic hydroxyl groups excluding tert-OH is 1. The van der Waals surface area contributed by atoms with Gasteiger partial charge in [0.1, 0.15) is 5.82 Å². The lowest BCUT2D eigenvalue weighted by Crippen LogP contribution is -2.47. The number of hydrogen-bond acceptors (Lipinski definition) is 3. The van der Waals surface area contributed by atoms with Gasteiger partial charge in [-0.1, -0.05) is 13.8 Å². The minimum atomic E-state index is -4.86. The molecule has 1 aromatic carbocycles. The van der Waals surface area contributed by atoms with Crippen LogP contribution in [0.1, 0.15) is 36.2 Å². The third-order valence-corrected chi connectivity index (χ3v) is 4.80. The summed E-state index contributed by atoms with van der Waals surface area (Å²) in [5.41, 5.74) is -1.64. The lowest BCUT2D eigenvalue weighted by atomic mass is 10.0. The van der Waals surface area contributed by atoms with Crippen LogP contribution in [-0.2, 0) is 6.18 Å². The number of carbonyl (C=O) groups is 1. The number of rotatable bonds is 5. The number of carbonyl (C=O) groups excluding carboxylic acids is 1. The van der Waals surface area contributed by atoms with Crippen molar-refractivity contribution in [1.82, 2.24) is 9.80 Å². The van der Waals surface area contributed by atoms with Crippen molar-refractivity contribution in [3.8, 4) is 0 Å². The molecule has 1 aliphatic rings. The molecule has 0 aromatic heterocycles. The van der Waals surface area contributed by atoms with Crippen LogP contribution in [0.15, 0.2) is 18.2 Å². The molecule has 0 spiro atoms. The molecular formula is C18H24F4N2O2. The summed E-state index contributed by atoms with van der Waals surface area (Å²) in [7, 11) is 1.54. The molecule has 1 saturated heterocycles. The van der Waals surface area contributed by atoms with Crippen molar-refractivity contribution in [2.75, 3.05) is 26.7 Å². The first-order valence-corrected chi connectivity index (χ1v) is 8.55. The van der Waals surface area contributed by atoms with Gasteiger partial charge in [-0.15, -0.1) is 0 Å². The van der Waals surface area contributed by atoms with Gasteiger partial charge in [-0.3, -0.25) is 9.69 Å². The zero-order valence-corrected chi connectivity index (χ0v) is 15.1. The number of amides is 1. The smallest absolute Gasteiger partial charge is 0.392 e. The van der Waals surface area contributed by atoms with Gasteiger partial charge < -0.3 is 10.0 Å². The highest BCUT2D eigenvalue weighted by Crippen LogP contribution is 2.32. The predicted octanol–water partition coefficient (Wildman–Crippen LogP) is 3.01. The molecule has 1 amide bonds. The van der Waals surface area contributed by atoms with E-state index in [1.165, 1.54) is 11.9 Å². The van der Waals surface area contributed by atoms with Crippen molar-refractivity contribution >= 4 is 5.91 Å². The molecule has 2 atom stereocenters. The topological polar surface area (TPSA) is 43.8 Å². The summed E-state index contributed by atoms with van der Waals surface area (Å²) in [5.74, 6) is -1.93. The summed E-state index contributed by atoms with van der Waals surface area (Å²) >= 11 is 0. The van der Waals surface area contributed by atoms with Gasteiger partial charge >= 0.3 is 6.18 Å². The molecule has 2 rings (SSSR count). The highest BCUT2D eigenvalue weighted by molar-refractivity contribution is 5.94. The molecule has 0 aliphatic carbocycles. The highest BCUT2D eigenvalue weighted by atomic mass is 19.4. The fraction of sp³-hybridized carbons (Fsp3) is 0.611. The van der Waals surface area contributed by atoms with E-state index < -0.39 is 29.6 Å². The number of benzene rings is 1. The fourth-order valence-electron chi connectivity index (χ4n) is 3.25. The van der Waals surface area contributed by atoms with Crippen molar-refractivity contribution in [2.24, 2.45) is 5.92 Å². The fourth-order valence-corrected chi connectivity index (χ4v) is 3.25. The largest absolute Gasteiger partial charge is 0.419 e. The lowest BCUT2D eigenvalue weighted by Gasteiger charge is -2.34. The van der Waals surface area contributed by atoms with E-state index in [0.717, 1.165) is 6.07 Å². The van der Waals surface area contributed by atoms with Crippen LogP contribution in [-0.4, -0.2) is 59.6 Å². The first kappa shape index (κ1) is 20.6. The molecule has 1 heterocycles. The third kappa shape index (κ3) is 4.73. The maximum atomic E-state index is 13.4. The summed E-state index contributed by atoms with van der Waals surface area (Å²) in [5, 5.41) is 9.65. The minimum Gasteiger partial charge on any atom is -0.392 e. The van der Waals surface area contributed by atoms with Crippen LogP contribution < -0.4 is 0 Å². The van der Waals surface area contributed by atoms with Crippen LogP contribution in [0.5, 0.6) is 0 Å². The Morgan fingerprint density at radius 2 is 2.04 bits per heavy atom. The molecule has 4 nitrogen and oxygen atoms in total. The summed E-state index contributed by atoms with van der Waals surface area (Å²) in [6.07, 6.45) is -4.59. The van der Waals surface area contributed by atoms with E-state index in [1.807, 2.05) is 18.7 Å². The summed E-state index contributed by atoms with van der Waals surface area (Å²) < 4.78 is 52.1. The maximum Gasteiger partial charge on any atom is 0.419 e. The Morgan fingerprint density at radius 1 is 1.38 bits per heavy atom. The molecule has 1 aromatic rings. The quantitative estimate of drug-likeness (QED) is 0.804. The molecule has 1 N–H and O–H groups in total. The van der Waals surface area contributed by atoms with Crippen molar-refractivity contribution in [2.45, 2.75) is 38.6 Å². The Kier molecular flexibility index (Phi) is 6.29.